The van der Waals surface area contributed by atoms with E-state index in [9.17, 15) is 0 Å². The van der Waals surface area contributed by atoms with E-state index in [1.54, 1.807) is 7.11 Å². The maximum atomic E-state index is 5.89. The van der Waals surface area contributed by atoms with Crippen molar-refractivity contribution in [2.75, 3.05) is 40.0 Å². The second-order valence-electron chi connectivity index (χ2n) is 2.87. The molecule has 0 heterocycles. The summed E-state index contributed by atoms with van der Waals surface area (Å²) in [4.78, 5) is 0. The molecule has 0 rings (SSSR count). The minimum absolute atomic E-state index is 0.0520. The van der Waals surface area contributed by atoms with Gasteiger partial charge in [-0.05, 0) is 6.42 Å². The summed E-state index contributed by atoms with van der Waals surface area (Å²) in [5.74, 6) is 0. The number of alkyl halides is 1. The summed E-state index contributed by atoms with van der Waals surface area (Å²) >= 11 is 5.89. The van der Waals surface area contributed by atoms with Gasteiger partial charge in [0.05, 0.1) is 18.6 Å². The van der Waals surface area contributed by atoms with E-state index in [4.69, 9.17) is 21.1 Å². The normalized spacial score (nSPS) is 13.2. The first-order valence-electron chi connectivity index (χ1n) is 4.72. The first-order chi connectivity index (χ1) is 6.31. The van der Waals surface area contributed by atoms with Crippen molar-refractivity contribution in [3.05, 3.63) is 0 Å². The Bertz CT molecular complexity index is 104. The Labute approximate surface area is 85.7 Å². The fraction of sp³-hybridized carbons (Fsp3) is 1.00. The van der Waals surface area contributed by atoms with E-state index in [1.807, 2.05) is 0 Å². The lowest BCUT2D eigenvalue weighted by Crippen LogP contribution is -2.29. The molecule has 0 aromatic rings. The molecule has 0 fully saturated rings. The van der Waals surface area contributed by atoms with Gasteiger partial charge in [0.25, 0.3) is 0 Å². The molecule has 4 heteroatoms. The number of rotatable bonds is 9. The second kappa shape index (κ2) is 10.3. The van der Waals surface area contributed by atoms with Crippen molar-refractivity contribution in [3.63, 3.8) is 0 Å². The highest BCUT2D eigenvalue weighted by molar-refractivity contribution is 6.20. The molecule has 80 valence electrons. The highest BCUT2D eigenvalue weighted by Gasteiger charge is 2.01. The Balaban J connectivity index is 2.97. The molecule has 1 N–H and O–H groups in total. The molecule has 3 nitrogen and oxygen atoms in total. The van der Waals surface area contributed by atoms with Crippen LogP contribution in [-0.2, 0) is 9.47 Å². The summed E-state index contributed by atoms with van der Waals surface area (Å²) in [6.45, 7) is 5.90. The van der Waals surface area contributed by atoms with Crippen molar-refractivity contribution in [2.24, 2.45) is 0 Å². The van der Waals surface area contributed by atoms with Crippen LogP contribution in [0, 0.1) is 0 Å². The molecule has 0 aliphatic heterocycles. The smallest absolute Gasteiger partial charge is 0.0693 e. The first-order valence-corrected chi connectivity index (χ1v) is 5.16. The van der Waals surface area contributed by atoms with Gasteiger partial charge in [-0.2, -0.15) is 0 Å². The van der Waals surface area contributed by atoms with Crippen molar-refractivity contribution in [2.45, 2.75) is 18.7 Å². The lowest BCUT2D eigenvalue weighted by Gasteiger charge is -2.09. The van der Waals surface area contributed by atoms with Crippen LogP contribution in [0.25, 0.3) is 0 Å². The highest BCUT2D eigenvalue weighted by Crippen LogP contribution is 1.92. The minimum Gasteiger partial charge on any atom is -0.383 e. The molecule has 0 aromatic heterocycles. The van der Waals surface area contributed by atoms with E-state index < -0.39 is 0 Å². The fourth-order valence-electron chi connectivity index (χ4n) is 0.889. The van der Waals surface area contributed by atoms with E-state index in [-0.39, 0.29) is 5.38 Å². The topological polar surface area (TPSA) is 30.5 Å². The Morgan fingerprint density at radius 3 is 2.77 bits per heavy atom. The number of ether oxygens (including phenoxy) is 2. The quantitative estimate of drug-likeness (QED) is 0.458. The summed E-state index contributed by atoms with van der Waals surface area (Å²) in [7, 11) is 1.65. The molecule has 1 unspecified atom stereocenters. The van der Waals surface area contributed by atoms with Gasteiger partial charge in [-0.1, -0.05) is 6.92 Å². The van der Waals surface area contributed by atoms with Crippen LogP contribution in [0.15, 0.2) is 0 Å². The molecular weight excluding hydrogens is 190 g/mol. The van der Waals surface area contributed by atoms with E-state index in [2.05, 4.69) is 12.2 Å². The van der Waals surface area contributed by atoms with Gasteiger partial charge in [-0.3, -0.25) is 0 Å². The summed E-state index contributed by atoms with van der Waals surface area (Å²) in [6.07, 6.45) is 1.07. The van der Waals surface area contributed by atoms with Crippen LogP contribution in [0.2, 0.25) is 0 Å². The zero-order chi connectivity index (χ0) is 9.94. The molecule has 0 spiro atoms. The molecule has 0 aliphatic rings. The molecule has 0 bridgehead atoms. The summed E-state index contributed by atoms with van der Waals surface area (Å²) in [5, 5.41) is 3.24. The maximum Gasteiger partial charge on any atom is 0.0693 e. The molecule has 1 atom stereocenters. The van der Waals surface area contributed by atoms with Crippen molar-refractivity contribution in [3.8, 4) is 0 Å². The van der Waals surface area contributed by atoms with Crippen LogP contribution in [-0.4, -0.2) is 45.4 Å². The largest absolute Gasteiger partial charge is 0.383 e. The van der Waals surface area contributed by atoms with Crippen LogP contribution in [0.5, 0.6) is 0 Å². The van der Waals surface area contributed by atoms with Gasteiger partial charge < -0.3 is 14.8 Å². The molecule has 0 aromatic carbocycles. The molecule has 13 heavy (non-hydrogen) atoms. The van der Waals surface area contributed by atoms with E-state index >= 15 is 0 Å². The van der Waals surface area contributed by atoms with Gasteiger partial charge in [-0.25, -0.2) is 0 Å². The lowest BCUT2D eigenvalue weighted by molar-refractivity contribution is 0.135. The third-order valence-corrected chi connectivity index (χ3v) is 1.77. The average Bonchev–Trinajstić information content (AvgIpc) is 2.11. The van der Waals surface area contributed by atoms with Crippen molar-refractivity contribution in [1.29, 1.82) is 0 Å². The SMILES string of the molecule is CCCOCCNCC(Cl)COC. The first kappa shape index (κ1) is 13.2. The average molecular weight is 210 g/mol. The number of hydrogen-bond acceptors (Lipinski definition) is 3. The molecule has 0 saturated heterocycles. The minimum atomic E-state index is 0.0520. The van der Waals surface area contributed by atoms with E-state index in [0.717, 1.165) is 32.7 Å². The third-order valence-electron chi connectivity index (χ3n) is 1.48. The summed E-state index contributed by atoms with van der Waals surface area (Å²) < 4.78 is 10.2. The molecular formula is C9H20ClNO2. The zero-order valence-corrected chi connectivity index (χ0v) is 9.27. The van der Waals surface area contributed by atoms with Crippen LogP contribution in [0.3, 0.4) is 0 Å². The maximum absolute atomic E-state index is 5.89. The third kappa shape index (κ3) is 10.1. The Morgan fingerprint density at radius 1 is 1.38 bits per heavy atom. The van der Waals surface area contributed by atoms with Gasteiger partial charge in [0.2, 0.25) is 0 Å². The molecule has 0 aliphatic carbocycles. The van der Waals surface area contributed by atoms with E-state index in [0.29, 0.717) is 6.61 Å². The van der Waals surface area contributed by atoms with Crippen LogP contribution in [0.1, 0.15) is 13.3 Å². The van der Waals surface area contributed by atoms with Crippen molar-refractivity contribution < 1.29 is 9.47 Å². The molecule has 0 amide bonds. The second-order valence-corrected chi connectivity index (χ2v) is 3.49. The van der Waals surface area contributed by atoms with Gasteiger partial charge >= 0.3 is 0 Å². The van der Waals surface area contributed by atoms with Crippen LogP contribution in [0.4, 0.5) is 0 Å². The fourth-order valence-corrected chi connectivity index (χ4v) is 1.12. The monoisotopic (exact) mass is 209 g/mol. The molecule has 0 radical (unpaired) electrons. The highest BCUT2D eigenvalue weighted by atomic mass is 35.5. The van der Waals surface area contributed by atoms with Gasteiger partial charge in [-0.15, -0.1) is 11.6 Å². The standard InChI is InChI=1S/C9H20ClNO2/c1-3-5-13-6-4-11-7-9(10)8-12-2/h9,11H,3-8H2,1-2H3. The van der Waals surface area contributed by atoms with Gasteiger partial charge in [0.1, 0.15) is 0 Å². The van der Waals surface area contributed by atoms with Crippen LogP contribution < -0.4 is 5.32 Å². The number of methoxy groups -OCH3 is 1. The zero-order valence-electron chi connectivity index (χ0n) is 8.51. The Kier molecular flexibility index (Phi) is 10.4. The van der Waals surface area contributed by atoms with E-state index in [1.165, 1.54) is 0 Å². The summed E-state index contributed by atoms with van der Waals surface area (Å²) in [5.41, 5.74) is 0. The van der Waals surface area contributed by atoms with Gasteiger partial charge in [0, 0.05) is 26.8 Å². The number of hydrogen-bond donors (Lipinski definition) is 1. The molecule has 0 saturated carbocycles. The van der Waals surface area contributed by atoms with Crippen molar-refractivity contribution in [1.82, 2.24) is 5.32 Å². The van der Waals surface area contributed by atoms with Crippen molar-refractivity contribution >= 4 is 11.6 Å². The number of nitrogens with one attached hydrogen (secondary N) is 1. The predicted octanol–water partition coefficient (Wildman–Crippen LogP) is 1.26. The lowest BCUT2D eigenvalue weighted by atomic mass is 10.4. The Hall–Kier alpha value is 0.170. The predicted molar refractivity (Wildman–Crippen MR) is 55.5 cm³/mol. The Morgan fingerprint density at radius 2 is 2.15 bits per heavy atom. The van der Waals surface area contributed by atoms with Gasteiger partial charge in [0.15, 0.2) is 0 Å². The number of halogens is 1. The van der Waals surface area contributed by atoms with Crippen LogP contribution >= 0.6 is 11.6 Å². The summed E-state index contributed by atoms with van der Waals surface area (Å²) in [6, 6.07) is 0.